The van der Waals surface area contributed by atoms with Crippen LogP contribution in [0.5, 0.6) is 0 Å². The van der Waals surface area contributed by atoms with Crippen molar-refractivity contribution in [1.29, 1.82) is 0 Å². The second-order valence-electron chi connectivity index (χ2n) is 3.90. The summed E-state index contributed by atoms with van der Waals surface area (Å²) in [6.45, 7) is 6.17. The van der Waals surface area contributed by atoms with Crippen LogP contribution in [-0.2, 0) is 11.2 Å². The summed E-state index contributed by atoms with van der Waals surface area (Å²) in [5.74, 6) is 0.348. The van der Waals surface area contributed by atoms with E-state index in [0.717, 1.165) is 6.42 Å². The van der Waals surface area contributed by atoms with Crippen molar-refractivity contribution in [3.05, 3.63) is 34.9 Å². The lowest BCUT2D eigenvalue weighted by Gasteiger charge is -2.05. The van der Waals surface area contributed by atoms with E-state index in [1.165, 1.54) is 16.7 Å². The Hall–Kier alpha value is -1.11. The molecule has 0 unspecified atom stereocenters. The molecule has 1 heteroatoms. The Balaban J connectivity index is 2.75. The minimum absolute atomic E-state index is 0.348. The maximum atomic E-state index is 11.5. The number of hydrogen-bond donors (Lipinski definition) is 0. The Morgan fingerprint density at radius 2 is 2.00 bits per heavy atom. The van der Waals surface area contributed by atoms with E-state index < -0.39 is 0 Å². The van der Waals surface area contributed by atoms with Crippen molar-refractivity contribution >= 4 is 5.78 Å². The number of carbonyl (C=O) groups excluding carboxylic acids is 1. The summed E-state index contributed by atoms with van der Waals surface area (Å²) < 4.78 is 0. The van der Waals surface area contributed by atoms with Crippen LogP contribution in [0.25, 0.3) is 0 Å². The molecule has 1 nitrogen and oxygen atoms in total. The molecule has 0 aromatic heterocycles. The maximum Gasteiger partial charge on any atom is 0.137 e. The zero-order valence-corrected chi connectivity index (χ0v) is 9.26. The molecule has 0 saturated heterocycles. The fraction of sp³-hybridized carbons (Fsp3) is 0.462. The minimum atomic E-state index is 0.348. The monoisotopic (exact) mass is 190 g/mol. The van der Waals surface area contributed by atoms with E-state index >= 15 is 0 Å². The molecular formula is C13H18O. The topological polar surface area (TPSA) is 17.1 Å². The van der Waals surface area contributed by atoms with Gasteiger partial charge in [-0.1, -0.05) is 30.7 Å². The van der Waals surface area contributed by atoms with E-state index in [1.54, 1.807) is 0 Å². The van der Waals surface area contributed by atoms with Crippen LogP contribution in [0.2, 0.25) is 0 Å². The molecule has 0 aliphatic heterocycles. The number of rotatable bonds is 4. The molecule has 76 valence electrons. The Morgan fingerprint density at radius 3 is 2.64 bits per heavy atom. The number of aryl methyl sites for hydroxylation is 2. The first-order chi connectivity index (χ1) is 6.63. The minimum Gasteiger partial charge on any atom is -0.299 e. The van der Waals surface area contributed by atoms with Crippen LogP contribution < -0.4 is 0 Å². The molecule has 14 heavy (non-hydrogen) atoms. The average Bonchev–Trinajstić information content (AvgIpc) is 2.12. The molecule has 1 rings (SSSR count). The van der Waals surface area contributed by atoms with Gasteiger partial charge in [0.1, 0.15) is 5.78 Å². The third kappa shape index (κ3) is 2.99. The van der Waals surface area contributed by atoms with Crippen molar-refractivity contribution in [3.63, 3.8) is 0 Å². The van der Waals surface area contributed by atoms with Crippen molar-refractivity contribution < 1.29 is 4.79 Å². The van der Waals surface area contributed by atoms with Crippen molar-refractivity contribution in [2.75, 3.05) is 0 Å². The van der Waals surface area contributed by atoms with Crippen LogP contribution in [0, 0.1) is 13.8 Å². The van der Waals surface area contributed by atoms with Crippen molar-refractivity contribution in [3.8, 4) is 0 Å². The molecule has 0 bridgehead atoms. The highest BCUT2D eigenvalue weighted by Crippen LogP contribution is 2.12. The van der Waals surface area contributed by atoms with Crippen LogP contribution in [0.15, 0.2) is 18.2 Å². The highest BCUT2D eigenvalue weighted by atomic mass is 16.1. The van der Waals surface area contributed by atoms with E-state index in [-0.39, 0.29) is 0 Å². The molecule has 0 amide bonds. The standard InChI is InChI=1S/C13H18O/c1-4-5-13(14)9-12-8-10(2)6-7-11(12)3/h6-8H,4-5,9H2,1-3H3. The predicted molar refractivity (Wildman–Crippen MR) is 59.5 cm³/mol. The third-order valence-corrected chi connectivity index (χ3v) is 2.42. The molecule has 0 aliphatic rings. The summed E-state index contributed by atoms with van der Waals surface area (Å²) in [5, 5.41) is 0. The van der Waals surface area contributed by atoms with Gasteiger partial charge in [0.2, 0.25) is 0 Å². The largest absolute Gasteiger partial charge is 0.299 e. The van der Waals surface area contributed by atoms with Crippen molar-refractivity contribution in [2.45, 2.75) is 40.0 Å². The highest BCUT2D eigenvalue weighted by Gasteiger charge is 2.04. The van der Waals surface area contributed by atoms with Gasteiger partial charge < -0.3 is 0 Å². The van der Waals surface area contributed by atoms with E-state index in [2.05, 4.69) is 32.0 Å². The van der Waals surface area contributed by atoms with Gasteiger partial charge in [-0.15, -0.1) is 0 Å². The molecule has 0 N–H and O–H groups in total. The van der Waals surface area contributed by atoms with Crippen LogP contribution >= 0.6 is 0 Å². The first-order valence-electron chi connectivity index (χ1n) is 5.21. The fourth-order valence-electron chi connectivity index (χ4n) is 1.57. The smallest absolute Gasteiger partial charge is 0.137 e. The molecule has 0 radical (unpaired) electrons. The summed E-state index contributed by atoms with van der Waals surface area (Å²) in [5.41, 5.74) is 3.64. The van der Waals surface area contributed by atoms with E-state index in [9.17, 15) is 4.79 Å². The Labute approximate surface area is 86.1 Å². The van der Waals surface area contributed by atoms with Crippen LogP contribution in [0.4, 0.5) is 0 Å². The predicted octanol–water partition coefficient (Wildman–Crippen LogP) is 3.22. The quantitative estimate of drug-likeness (QED) is 0.712. The third-order valence-electron chi connectivity index (χ3n) is 2.42. The number of hydrogen-bond acceptors (Lipinski definition) is 1. The van der Waals surface area contributed by atoms with Gasteiger partial charge >= 0.3 is 0 Å². The maximum absolute atomic E-state index is 11.5. The normalized spacial score (nSPS) is 10.2. The molecule has 0 atom stereocenters. The number of benzene rings is 1. The summed E-state index contributed by atoms with van der Waals surface area (Å²) in [6, 6.07) is 6.29. The fourth-order valence-corrected chi connectivity index (χ4v) is 1.57. The van der Waals surface area contributed by atoms with Crippen LogP contribution in [0.1, 0.15) is 36.5 Å². The average molecular weight is 190 g/mol. The van der Waals surface area contributed by atoms with Crippen molar-refractivity contribution in [1.82, 2.24) is 0 Å². The highest BCUT2D eigenvalue weighted by molar-refractivity contribution is 5.81. The Morgan fingerprint density at radius 1 is 1.29 bits per heavy atom. The van der Waals surface area contributed by atoms with Crippen LogP contribution in [0.3, 0.4) is 0 Å². The molecule has 0 spiro atoms. The number of Topliss-reactive ketones (excluding diaryl/α,β-unsaturated/α-hetero) is 1. The van der Waals surface area contributed by atoms with Crippen molar-refractivity contribution in [2.24, 2.45) is 0 Å². The second-order valence-corrected chi connectivity index (χ2v) is 3.90. The van der Waals surface area contributed by atoms with E-state index in [4.69, 9.17) is 0 Å². The molecular weight excluding hydrogens is 172 g/mol. The zero-order valence-electron chi connectivity index (χ0n) is 9.26. The molecule has 0 heterocycles. The van der Waals surface area contributed by atoms with Gasteiger partial charge in [-0.25, -0.2) is 0 Å². The lowest BCUT2D eigenvalue weighted by atomic mass is 9.99. The SMILES string of the molecule is CCCC(=O)Cc1cc(C)ccc1C. The molecule has 0 fully saturated rings. The molecule has 0 saturated carbocycles. The lowest BCUT2D eigenvalue weighted by Crippen LogP contribution is -2.03. The summed E-state index contributed by atoms with van der Waals surface area (Å²) in [6.07, 6.45) is 2.25. The molecule has 1 aromatic carbocycles. The van der Waals surface area contributed by atoms with Gasteiger partial charge in [0, 0.05) is 12.8 Å². The van der Waals surface area contributed by atoms with Gasteiger partial charge in [-0.05, 0) is 31.4 Å². The number of ketones is 1. The lowest BCUT2D eigenvalue weighted by molar-refractivity contribution is -0.118. The summed E-state index contributed by atoms with van der Waals surface area (Å²) >= 11 is 0. The van der Waals surface area contributed by atoms with E-state index in [1.807, 2.05) is 6.92 Å². The molecule has 1 aromatic rings. The zero-order chi connectivity index (χ0) is 10.6. The van der Waals surface area contributed by atoms with Gasteiger partial charge in [0.05, 0.1) is 0 Å². The Kier molecular flexibility index (Phi) is 3.87. The van der Waals surface area contributed by atoms with Gasteiger partial charge in [-0.3, -0.25) is 4.79 Å². The first kappa shape index (κ1) is 11.0. The first-order valence-corrected chi connectivity index (χ1v) is 5.21. The van der Waals surface area contributed by atoms with Gasteiger partial charge in [0.25, 0.3) is 0 Å². The summed E-state index contributed by atoms with van der Waals surface area (Å²) in [4.78, 5) is 11.5. The second kappa shape index (κ2) is 4.94. The summed E-state index contributed by atoms with van der Waals surface area (Å²) in [7, 11) is 0. The van der Waals surface area contributed by atoms with Gasteiger partial charge in [-0.2, -0.15) is 0 Å². The number of carbonyl (C=O) groups is 1. The van der Waals surface area contributed by atoms with E-state index in [0.29, 0.717) is 18.6 Å². The van der Waals surface area contributed by atoms with Crippen LogP contribution in [-0.4, -0.2) is 5.78 Å². The Bertz CT molecular complexity index is 326. The van der Waals surface area contributed by atoms with Gasteiger partial charge in [0.15, 0.2) is 0 Å². The molecule has 0 aliphatic carbocycles.